The lowest BCUT2D eigenvalue weighted by atomic mass is 10.0. The fourth-order valence-corrected chi connectivity index (χ4v) is 5.30. The van der Waals surface area contributed by atoms with Crippen LogP contribution in [0.2, 0.25) is 0 Å². The molecule has 0 spiro atoms. The first-order valence-corrected chi connectivity index (χ1v) is 12.7. The number of amides is 2. The Bertz CT molecular complexity index is 1680. The van der Waals surface area contributed by atoms with Gasteiger partial charge in [-0.1, -0.05) is 48.5 Å². The number of ether oxygens (including phenoxy) is 1. The number of aromatic nitrogens is 1. The summed E-state index contributed by atoms with van der Waals surface area (Å²) in [7, 11) is 0. The van der Waals surface area contributed by atoms with Crippen LogP contribution in [-0.2, 0) is 6.61 Å². The number of aryl methyl sites for hydroxylation is 2. The fourth-order valence-electron chi connectivity index (χ4n) is 4.29. The molecule has 3 aromatic heterocycles. The molecule has 3 N–H and O–H groups in total. The highest BCUT2D eigenvalue weighted by molar-refractivity contribution is 7.21. The number of alkyl halides is 2. The van der Waals surface area contributed by atoms with Gasteiger partial charge in [-0.05, 0) is 54.3 Å². The van der Waals surface area contributed by atoms with E-state index >= 15 is 0 Å². The van der Waals surface area contributed by atoms with Crippen molar-refractivity contribution in [1.82, 2.24) is 4.98 Å². The van der Waals surface area contributed by atoms with E-state index in [4.69, 9.17) is 14.9 Å². The van der Waals surface area contributed by atoms with Crippen LogP contribution in [0.15, 0.2) is 71.1 Å². The molecular formula is C29H23F2N3O4S. The van der Waals surface area contributed by atoms with Gasteiger partial charge in [-0.3, -0.25) is 9.59 Å². The molecular weight excluding hydrogens is 524 g/mol. The van der Waals surface area contributed by atoms with Gasteiger partial charge in [-0.2, -0.15) is 0 Å². The molecule has 5 aromatic rings. The van der Waals surface area contributed by atoms with E-state index in [0.717, 1.165) is 28.2 Å². The molecule has 5 rings (SSSR count). The van der Waals surface area contributed by atoms with E-state index in [2.05, 4.69) is 10.3 Å². The van der Waals surface area contributed by atoms with Crippen LogP contribution in [0.25, 0.3) is 21.3 Å². The minimum absolute atomic E-state index is 0.0143. The first-order valence-electron chi connectivity index (χ1n) is 11.9. The number of thiophene rings is 1. The largest absolute Gasteiger partial charge is 0.485 e. The number of nitrogens with two attached hydrogens (primary N) is 1. The Morgan fingerprint density at radius 1 is 1.05 bits per heavy atom. The zero-order valence-corrected chi connectivity index (χ0v) is 21.8. The molecule has 0 radical (unpaired) electrons. The van der Waals surface area contributed by atoms with Gasteiger partial charge in [-0.15, -0.1) is 11.3 Å². The van der Waals surface area contributed by atoms with Crippen LogP contribution in [0.1, 0.15) is 49.2 Å². The standard InChI is InChI=1S/C29H23F2N3O4S/c1-15-7-6-8-16(2)24(15)37-14-18-11-12-21(38-18)28(36)34-23-22-19(17-9-4-3-5-10-17)13-20(26(30)31)33-29(22)39-25(23)27(32)35/h3-13,26H,14H2,1-2H3,(H2,32,35)(H,34,36). The minimum Gasteiger partial charge on any atom is -0.485 e. The number of furan rings is 1. The van der Waals surface area contributed by atoms with E-state index in [1.54, 1.807) is 36.4 Å². The molecule has 0 saturated heterocycles. The van der Waals surface area contributed by atoms with Crippen molar-refractivity contribution in [3.8, 4) is 16.9 Å². The second-order valence-corrected chi connectivity index (χ2v) is 9.84. The van der Waals surface area contributed by atoms with Crippen LogP contribution < -0.4 is 15.8 Å². The summed E-state index contributed by atoms with van der Waals surface area (Å²) in [6, 6.07) is 19.0. The first-order chi connectivity index (χ1) is 18.7. The maximum atomic E-state index is 13.7. The van der Waals surface area contributed by atoms with Crippen molar-refractivity contribution in [2.24, 2.45) is 5.73 Å². The van der Waals surface area contributed by atoms with Gasteiger partial charge < -0.3 is 20.2 Å². The van der Waals surface area contributed by atoms with Gasteiger partial charge in [0.05, 0.1) is 5.69 Å². The third kappa shape index (κ3) is 5.23. The van der Waals surface area contributed by atoms with Crippen LogP contribution in [0.4, 0.5) is 14.5 Å². The maximum Gasteiger partial charge on any atom is 0.291 e. The molecule has 0 fully saturated rings. The third-order valence-electron chi connectivity index (χ3n) is 6.11. The number of hydrogen-bond donors (Lipinski definition) is 2. The van der Waals surface area contributed by atoms with Gasteiger partial charge in [0.1, 0.15) is 33.5 Å². The van der Waals surface area contributed by atoms with Gasteiger partial charge >= 0.3 is 0 Å². The smallest absolute Gasteiger partial charge is 0.291 e. The number of primary amides is 1. The van der Waals surface area contributed by atoms with Crippen molar-refractivity contribution >= 4 is 39.1 Å². The van der Waals surface area contributed by atoms with Crippen LogP contribution in [0.5, 0.6) is 5.75 Å². The first kappa shape index (κ1) is 26.1. The normalized spacial score (nSPS) is 11.2. The zero-order valence-electron chi connectivity index (χ0n) is 21.0. The summed E-state index contributed by atoms with van der Waals surface area (Å²) >= 11 is 0.839. The number of rotatable bonds is 8. The summed E-state index contributed by atoms with van der Waals surface area (Å²) in [5, 5.41) is 3.04. The number of pyridine rings is 1. The van der Waals surface area contributed by atoms with E-state index in [1.807, 2.05) is 32.0 Å². The number of nitrogens with one attached hydrogen (secondary N) is 1. The Balaban J connectivity index is 1.49. The summed E-state index contributed by atoms with van der Waals surface area (Å²) < 4.78 is 38.9. The quantitative estimate of drug-likeness (QED) is 0.217. The van der Waals surface area contributed by atoms with Crippen molar-refractivity contribution in [3.63, 3.8) is 0 Å². The lowest BCUT2D eigenvalue weighted by Crippen LogP contribution is -2.16. The van der Waals surface area contributed by atoms with Crippen LogP contribution in [-0.4, -0.2) is 16.8 Å². The molecule has 198 valence electrons. The number of halogens is 2. The summed E-state index contributed by atoms with van der Waals surface area (Å²) in [6.45, 7) is 3.98. The molecule has 0 unspecified atom stereocenters. The van der Waals surface area contributed by atoms with E-state index in [-0.39, 0.29) is 27.8 Å². The molecule has 10 heteroatoms. The van der Waals surface area contributed by atoms with E-state index in [0.29, 0.717) is 22.3 Å². The van der Waals surface area contributed by atoms with Gasteiger partial charge in [0.2, 0.25) is 0 Å². The fraction of sp³-hybridized carbons (Fsp3) is 0.138. The predicted molar refractivity (Wildman–Crippen MR) is 145 cm³/mol. The van der Waals surface area contributed by atoms with E-state index < -0.39 is 23.9 Å². The maximum absolute atomic E-state index is 13.7. The predicted octanol–water partition coefficient (Wildman–Crippen LogP) is 7.04. The lowest BCUT2D eigenvalue weighted by Gasteiger charge is -2.11. The molecule has 2 amide bonds. The van der Waals surface area contributed by atoms with E-state index in [9.17, 15) is 18.4 Å². The molecule has 0 bridgehead atoms. The highest BCUT2D eigenvalue weighted by Gasteiger charge is 2.26. The number of carbonyl (C=O) groups is 2. The summed E-state index contributed by atoms with van der Waals surface area (Å²) in [4.78, 5) is 29.7. The third-order valence-corrected chi connectivity index (χ3v) is 7.20. The molecule has 39 heavy (non-hydrogen) atoms. The molecule has 0 saturated carbocycles. The summed E-state index contributed by atoms with van der Waals surface area (Å²) in [5.41, 5.74) is 8.19. The number of hydrogen-bond acceptors (Lipinski definition) is 6. The Morgan fingerprint density at radius 2 is 1.77 bits per heavy atom. The zero-order chi connectivity index (χ0) is 27.7. The van der Waals surface area contributed by atoms with Crippen molar-refractivity contribution in [1.29, 1.82) is 0 Å². The molecule has 0 aliphatic heterocycles. The molecule has 3 heterocycles. The minimum atomic E-state index is -2.83. The molecule has 7 nitrogen and oxygen atoms in total. The van der Waals surface area contributed by atoms with Crippen molar-refractivity contribution < 1.29 is 27.5 Å². The number of benzene rings is 2. The Labute approximate surface area is 226 Å². The Morgan fingerprint density at radius 3 is 2.44 bits per heavy atom. The highest BCUT2D eigenvalue weighted by atomic mass is 32.1. The van der Waals surface area contributed by atoms with Crippen molar-refractivity contribution in [2.45, 2.75) is 26.9 Å². The number of fused-ring (bicyclic) bond motifs is 1. The highest BCUT2D eigenvalue weighted by Crippen LogP contribution is 2.42. The number of carbonyl (C=O) groups excluding carboxylic acids is 2. The topological polar surface area (TPSA) is 107 Å². The van der Waals surface area contributed by atoms with Crippen LogP contribution >= 0.6 is 11.3 Å². The van der Waals surface area contributed by atoms with Gasteiger partial charge in [0.15, 0.2) is 5.76 Å². The second kappa shape index (κ2) is 10.7. The van der Waals surface area contributed by atoms with E-state index in [1.165, 1.54) is 12.1 Å². The van der Waals surface area contributed by atoms with Gasteiger partial charge in [0.25, 0.3) is 18.2 Å². The van der Waals surface area contributed by atoms with Crippen LogP contribution in [0.3, 0.4) is 0 Å². The molecule has 0 aliphatic carbocycles. The molecule has 2 aromatic carbocycles. The Kier molecular flexibility index (Phi) is 7.12. The van der Waals surface area contributed by atoms with Crippen LogP contribution in [0, 0.1) is 13.8 Å². The number of anilines is 1. The second-order valence-electron chi connectivity index (χ2n) is 8.84. The average molecular weight is 548 g/mol. The molecule has 0 atom stereocenters. The number of nitrogens with zero attached hydrogens (tertiary/aromatic N) is 1. The van der Waals surface area contributed by atoms with Gasteiger partial charge in [-0.25, -0.2) is 13.8 Å². The lowest BCUT2D eigenvalue weighted by molar-refractivity contribution is 0.0992. The monoisotopic (exact) mass is 547 g/mol. The summed E-state index contributed by atoms with van der Waals surface area (Å²) in [5.74, 6) is -0.343. The number of para-hydroxylation sites is 1. The van der Waals surface area contributed by atoms with Gasteiger partial charge in [0, 0.05) is 5.39 Å². The molecule has 0 aliphatic rings. The average Bonchev–Trinajstić information content (AvgIpc) is 3.53. The SMILES string of the molecule is Cc1cccc(C)c1OCc1ccc(C(=O)Nc2c(C(N)=O)sc3nc(C(F)F)cc(-c4ccccc4)c23)o1. The Hall–Kier alpha value is -4.57. The van der Waals surface area contributed by atoms with Crippen molar-refractivity contribution in [3.05, 3.63) is 99.9 Å². The van der Waals surface area contributed by atoms with Crippen molar-refractivity contribution in [2.75, 3.05) is 5.32 Å². The summed E-state index contributed by atoms with van der Waals surface area (Å²) in [6.07, 6.45) is -2.83.